The summed E-state index contributed by atoms with van der Waals surface area (Å²) >= 11 is 0. The van der Waals surface area contributed by atoms with Gasteiger partial charge in [-0.15, -0.1) is 12.4 Å². The molecule has 1 aromatic carbocycles. The first-order valence-electron chi connectivity index (χ1n) is 7.32. The first-order valence-corrected chi connectivity index (χ1v) is 7.32. The van der Waals surface area contributed by atoms with Crippen LogP contribution < -0.4 is 15.8 Å². The molecule has 0 saturated carbocycles. The van der Waals surface area contributed by atoms with Gasteiger partial charge in [0.2, 0.25) is 0 Å². The van der Waals surface area contributed by atoms with E-state index in [1.807, 2.05) is 25.1 Å². The second-order valence-electron chi connectivity index (χ2n) is 5.03. The highest BCUT2D eigenvalue weighted by atomic mass is 35.5. The van der Waals surface area contributed by atoms with E-state index in [-0.39, 0.29) is 24.9 Å². The number of amides is 1. The summed E-state index contributed by atoms with van der Waals surface area (Å²) in [6.45, 7) is 3.14. The van der Waals surface area contributed by atoms with Crippen molar-refractivity contribution in [2.24, 2.45) is 5.73 Å². The molecule has 0 saturated heterocycles. The highest BCUT2D eigenvalue weighted by Crippen LogP contribution is 2.26. The van der Waals surface area contributed by atoms with Crippen LogP contribution in [0.2, 0.25) is 0 Å². The Labute approximate surface area is 147 Å². The summed E-state index contributed by atoms with van der Waals surface area (Å²) in [5.41, 5.74) is 8.38. The summed E-state index contributed by atoms with van der Waals surface area (Å²) in [6.07, 6.45) is 1.57. The number of nitrogens with one attached hydrogen (secondary N) is 1. The van der Waals surface area contributed by atoms with Gasteiger partial charge in [0.25, 0.3) is 5.91 Å². The number of aryl methyl sites for hydroxylation is 1. The third-order valence-electron chi connectivity index (χ3n) is 3.22. The molecule has 0 aliphatic rings. The Morgan fingerprint density at radius 1 is 1.25 bits per heavy atom. The summed E-state index contributed by atoms with van der Waals surface area (Å²) < 4.78 is 10.6. The molecule has 6 nitrogen and oxygen atoms in total. The second-order valence-corrected chi connectivity index (χ2v) is 5.03. The van der Waals surface area contributed by atoms with Gasteiger partial charge >= 0.3 is 0 Å². The number of halogens is 1. The van der Waals surface area contributed by atoms with Gasteiger partial charge in [0.1, 0.15) is 12.4 Å². The minimum Gasteiger partial charge on any atom is -0.489 e. The van der Waals surface area contributed by atoms with Gasteiger partial charge in [0.05, 0.1) is 18.0 Å². The van der Waals surface area contributed by atoms with Crippen molar-refractivity contribution in [3.05, 3.63) is 53.3 Å². The molecule has 1 amide bonds. The van der Waals surface area contributed by atoms with E-state index in [1.165, 1.54) is 0 Å². The fraction of sp³-hybridized carbons (Fsp3) is 0.294. The first-order chi connectivity index (χ1) is 11.1. The maximum absolute atomic E-state index is 12.4. The van der Waals surface area contributed by atoms with Crippen molar-refractivity contribution in [3.8, 4) is 5.75 Å². The Hall–Kier alpha value is -2.15. The van der Waals surface area contributed by atoms with Crippen LogP contribution in [0.5, 0.6) is 5.75 Å². The van der Waals surface area contributed by atoms with E-state index in [4.69, 9.17) is 15.2 Å². The standard InChI is InChI=1S/C17H21N3O3.ClH/c1-12-3-4-15(16(9-12)23-8-7-22-2)20-17(21)13-5-6-19-14(10-13)11-18;/h3-6,9-10H,7-8,11,18H2,1-2H3,(H,20,21);1H. The maximum atomic E-state index is 12.4. The molecule has 0 unspecified atom stereocenters. The van der Waals surface area contributed by atoms with E-state index in [0.29, 0.717) is 35.9 Å². The minimum atomic E-state index is -0.234. The lowest BCUT2D eigenvalue weighted by Crippen LogP contribution is -2.15. The average molecular weight is 352 g/mol. The van der Waals surface area contributed by atoms with E-state index >= 15 is 0 Å². The number of hydrogen-bond acceptors (Lipinski definition) is 5. The van der Waals surface area contributed by atoms with Crippen LogP contribution in [-0.2, 0) is 11.3 Å². The van der Waals surface area contributed by atoms with Crippen molar-refractivity contribution < 1.29 is 14.3 Å². The fourth-order valence-corrected chi connectivity index (χ4v) is 2.01. The Morgan fingerprint density at radius 2 is 2.04 bits per heavy atom. The molecule has 1 aromatic heterocycles. The van der Waals surface area contributed by atoms with Gasteiger partial charge in [0, 0.05) is 25.4 Å². The summed E-state index contributed by atoms with van der Waals surface area (Å²) in [4.78, 5) is 16.5. The van der Waals surface area contributed by atoms with Crippen molar-refractivity contribution in [2.75, 3.05) is 25.6 Å². The predicted molar refractivity (Wildman–Crippen MR) is 95.9 cm³/mol. The number of hydrogen-bond donors (Lipinski definition) is 2. The van der Waals surface area contributed by atoms with Crippen molar-refractivity contribution in [3.63, 3.8) is 0 Å². The Morgan fingerprint density at radius 3 is 2.75 bits per heavy atom. The van der Waals surface area contributed by atoms with Crippen LogP contribution in [0.25, 0.3) is 0 Å². The predicted octanol–water partition coefficient (Wildman–Crippen LogP) is 2.55. The van der Waals surface area contributed by atoms with E-state index in [2.05, 4.69) is 10.3 Å². The van der Waals surface area contributed by atoms with E-state index in [0.717, 1.165) is 5.56 Å². The highest BCUT2D eigenvalue weighted by Gasteiger charge is 2.11. The number of rotatable bonds is 7. The van der Waals surface area contributed by atoms with E-state index in [9.17, 15) is 4.79 Å². The third kappa shape index (κ3) is 5.49. The molecule has 7 heteroatoms. The number of benzene rings is 1. The molecule has 0 aliphatic carbocycles. The quantitative estimate of drug-likeness (QED) is 0.748. The molecule has 130 valence electrons. The van der Waals surface area contributed by atoms with Crippen LogP contribution in [0, 0.1) is 6.92 Å². The zero-order valence-electron chi connectivity index (χ0n) is 13.7. The molecule has 24 heavy (non-hydrogen) atoms. The van der Waals surface area contributed by atoms with Crippen LogP contribution in [0.15, 0.2) is 36.5 Å². The van der Waals surface area contributed by atoms with Crippen LogP contribution >= 0.6 is 12.4 Å². The number of ether oxygens (including phenoxy) is 2. The lowest BCUT2D eigenvalue weighted by molar-refractivity contribution is 0.102. The molecule has 2 rings (SSSR count). The summed E-state index contributed by atoms with van der Waals surface area (Å²) in [5, 5.41) is 2.86. The molecular weight excluding hydrogens is 330 g/mol. The molecule has 3 N–H and O–H groups in total. The molecule has 0 radical (unpaired) electrons. The number of nitrogens with zero attached hydrogens (tertiary/aromatic N) is 1. The fourth-order valence-electron chi connectivity index (χ4n) is 2.01. The van der Waals surface area contributed by atoms with Crippen LogP contribution in [-0.4, -0.2) is 31.2 Å². The third-order valence-corrected chi connectivity index (χ3v) is 3.22. The van der Waals surface area contributed by atoms with Gasteiger partial charge in [-0.05, 0) is 36.8 Å². The van der Waals surface area contributed by atoms with Gasteiger partial charge in [-0.2, -0.15) is 0 Å². The second kappa shape index (κ2) is 9.87. The summed E-state index contributed by atoms with van der Waals surface area (Å²) in [7, 11) is 1.61. The van der Waals surface area contributed by atoms with Crippen molar-refractivity contribution in [2.45, 2.75) is 13.5 Å². The monoisotopic (exact) mass is 351 g/mol. The molecule has 0 aliphatic heterocycles. The number of aromatic nitrogens is 1. The highest BCUT2D eigenvalue weighted by molar-refractivity contribution is 6.05. The molecule has 1 heterocycles. The Balaban J connectivity index is 0.00000288. The van der Waals surface area contributed by atoms with Gasteiger partial charge in [-0.3, -0.25) is 9.78 Å². The SMILES string of the molecule is COCCOc1cc(C)ccc1NC(=O)c1ccnc(CN)c1.Cl. The number of methoxy groups -OCH3 is 1. The summed E-state index contributed by atoms with van der Waals surface area (Å²) in [6, 6.07) is 8.93. The van der Waals surface area contributed by atoms with Gasteiger partial charge in [-0.25, -0.2) is 0 Å². The number of nitrogens with two attached hydrogens (primary N) is 1. The molecule has 0 atom stereocenters. The average Bonchev–Trinajstić information content (AvgIpc) is 2.57. The topological polar surface area (TPSA) is 86.5 Å². The lowest BCUT2D eigenvalue weighted by atomic mass is 10.2. The number of carbonyl (C=O) groups excluding carboxylic acids is 1. The number of anilines is 1. The van der Waals surface area contributed by atoms with Crippen molar-refractivity contribution in [1.82, 2.24) is 4.98 Å². The van der Waals surface area contributed by atoms with E-state index < -0.39 is 0 Å². The van der Waals surface area contributed by atoms with Crippen LogP contribution in [0.1, 0.15) is 21.6 Å². The van der Waals surface area contributed by atoms with Crippen molar-refractivity contribution in [1.29, 1.82) is 0 Å². The Kier molecular flexibility index (Phi) is 8.18. The minimum absolute atomic E-state index is 0. The molecule has 0 bridgehead atoms. The van der Waals surface area contributed by atoms with Crippen molar-refractivity contribution >= 4 is 24.0 Å². The zero-order valence-corrected chi connectivity index (χ0v) is 14.6. The largest absolute Gasteiger partial charge is 0.489 e. The molecule has 0 spiro atoms. The summed E-state index contributed by atoms with van der Waals surface area (Å²) in [5.74, 6) is 0.381. The molecule has 0 fully saturated rings. The Bertz CT molecular complexity index is 680. The normalized spacial score (nSPS) is 9.96. The maximum Gasteiger partial charge on any atom is 0.255 e. The van der Waals surface area contributed by atoms with E-state index in [1.54, 1.807) is 25.4 Å². The molecular formula is C17H22ClN3O3. The van der Waals surface area contributed by atoms with Gasteiger partial charge < -0.3 is 20.5 Å². The lowest BCUT2D eigenvalue weighted by Gasteiger charge is -2.13. The van der Waals surface area contributed by atoms with Gasteiger partial charge in [0.15, 0.2) is 0 Å². The molecule has 2 aromatic rings. The number of pyridine rings is 1. The smallest absolute Gasteiger partial charge is 0.255 e. The first kappa shape index (κ1) is 19.9. The van der Waals surface area contributed by atoms with Crippen LogP contribution in [0.4, 0.5) is 5.69 Å². The number of carbonyl (C=O) groups is 1. The zero-order chi connectivity index (χ0) is 16.7. The van der Waals surface area contributed by atoms with Gasteiger partial charge in [-0.1, -0.05) is 6.07 Å². The van der Waals surface area contributed by atoms with Crippen LogP contribution in [0.3, 0.4) is 0 Å².